The molecule has 0 aromatic heterocycles. The third-order valence-electron chi connectivity index (χ3n) is 6.60. The lowest BCUT2D eigenvalue weighted by molar-refractivity contribution is -0.134. The number of piperazine rings is 1. The number of hydrogen-bond donors (Lipinski definition) is 1. The SMILES string of the molecule is COc1ccc(OC)c2c1CN(CC(=O)N1CCN(Cc3ccccc3C)CC1)C[C@@H]2O. The maximum Gasteiger partial charge on any atom is 0.236 e. The Morgan fingerprint density at radius 2 is 1.69 bits per heavy atom. The first-order valence-electron chi connectivity index (χ1n) is 11.2. The van der Waals surface area contributed by atoms with Crippen LogP contribution in [0.2, 0.25) is 0 Å². The van der Waals surface area contributed by atoms with Crippen LogP contribution in [-0.4, -0.2) is 79.2 Å². The number of nitrogens with zero attached hydrogens (tertiary/aromatic N) is 3. The third-order valence-corrected chi connectivity index (χ3v) is 6.60. The van der Waals surface area contributed by atoms with Crippen LogP contribution in [-0.2, 0) is 17.9 Å². The van der Waals surface area contributed by atoms with Crippen molar-refractivity contribution in [3.05, 3.63) is 58.7 Å². The number of ether oxygens (including phenoxy) is 2. The Kier molecular flexibility index (Phi) is 6.98. The number of aliphatic hydroxyl groups excluding tert-OH is 1. The lowest BCUT2D eigenvalue weighted by atomic mass is 9.95. The minimum Gasteiger partial charge on any atom is -0.496 e. The van der Waals surface area contributed by atoms with Crippen molar-refractivity contribution >= 4 is 5.91 Å². The van der Waals surface area contributed by atoms with Gasteiger partial charge in [0.1, 0.15) is 11.5 Å². The molecule has 0 saturated carbocycles. The average Bonchev–Trinajstić information content (AvgIpc) is 2.80. The van der Waals surface area contributed by atoms with Gasteiger partial charge in [0.15, 0.2) is 0 Å². The van der Waals surface area contributed by atoms with Gasteiger partial charge in [-0.15, -0.1) is 0 Å². The summed E-state index contributed by atoms with van der Waals surface area (Å²) in [6, 6.07) is 12.1. The molecule has 0 spiro atoms. The average molecular weight is 440 g/mol. The third kappa shape index (κ3) is 4.75. The molecule has 2 aliphatic heterocycles. The molecule has 2 aromatic carbocycles. The molecular weight excluding hydrogens is 406 g/mol. The maximum absolute atomic E-state index is 13.0. The molecule has 0 unspecified atom stereocenters. The molecule has 0 bridgehead atoms. The second-order valence-corrected chi connectivity index (χ2v) is 8.63. The highest BCUT2D eigenvalue weighted by Crippen LogP contribution is 2.39. The quantitative estimate of drug-likeness (QED) is 0.745. The summed E-state index contributed by atoms with van der Waals surface area (Å²) >= 11 is 0. The molecular formula is C25H33N3O4. The molecule has 4 rings (SSSR count). The normalized spacial score (nSPS) is 19.5. The lowest BCUT2D eigenvalue weighted by Crippen LogP contribution is -2.51. The zero-order chi connectivity index (χ0) is 22.7. The summed E-state index contributed by atoms with van der Waals surface area (Å²) in [6.45, 7) is 7.50. The van der Waals surface area contributed by atoms with Gasteiger partial charge in [0.05, 0.1) is 26.9 Å². The van der Waals surface area contributed by atoms with E-state index in [1.165, 1.54) is 11.1 Å². The summed E-state index contributed by atoms with van der Waals surface area (Å²) in [4.78, 5) is 19.4. The van der Waals surface area contributed by atoms with Crippen molar-refractivity contribution in [3.8, 4) is 11.5 Å². The van der Waals surface area contributed by atoms with Gasteiger partial charge in [0.25, 0.3) is 0 Å². The fourth-order valence-electron chi connectivity index (χ4n) is 4.74. The molecule has 2 heterocycles. The number of methoxy groups -OCH3 is 2. The van der Waals surface area contributed by atoms with E-state index in [1.807, 2.05) is 21.9 Å². The van der Waals surface area contributed by atoms with Crippen molar-refractivity contribution in [2.24, 2.45) is 0 Å². The van der Waals surface area contributed by atoms with Gasteiger partial charge in [-0.1, -0.05) is 24.3 Å². The number of benzene rings is 2. The van der Waals surface area contributed by atoms with Gasteiger partial charge in [0.2, 0.25) is 5.91 Å². The Morgan fingerprint density at radius 3 is 2.38 bits per heavy atom. The number of carbonyl (C=O) groups is 1. The second-order valence-electron chi connectivity index (χ2n) is 8.63. The molecule has 7 nitrogen and oxygen atoms in total. The van der Waals surface area contributed by atoms with Crippen LogP contribution in [0.5, 0.6) is 11.5 Å². The molecule has 172 valence electrons. The van der Waals surface area contributed by atoms with Gasteiger partial charge < -0.3 is 19.5 Å². The second kappa shape index (κ2) is 9.90. The number of fused-ring (bicyclic) bond motifs is 1. The smallest absolute Gasteiger partial charge is 0.236 e. The molecule has 1 atom stereocenters. The first-order valence-corrected chi connectivity index (χ1v) is 11.2. The summed E-state index contributed by atoms with van der Waals surface area (Å²) in [7, 11) is 3.22. The van der Waals surface area contributed by atoms with E-state index in [1.54, 1.807) is 14.2 Å². The Balaban J connectivity index is 1.35. The highest BCUT2D eigenvalue weighted by molar-refractivity contribution is 5.78. The lowest BCUT2D eigenvalue weighted by Gasteiger charge is -2.37. The number of carbonyl (C=O) groups excluding carboxylic acids is 1. The predicted octanol–water partition coefficient (Wildman–Crippen LogP) is 2.21. The van der Waals surface area contributed by atoms with Gasteiger partial charge in [-0.2, -0.15) is 0 Å². The van der Waals surface area contributed by atoms with Crippen LogP contribution < -0.4 is 9.47 Å². The van der Waals surface area contributed by atoms with E-state index >= 15 is 0 Å². The monoisotopic (exact) mass is 439 g/mol. The van der Waals surface area contributed by atoms with E-state index < -0.39 is 6.10 Å². The minimum absolute atomic E-state index is 0.109. The van der Waals surface area contributed by atoms with Gasteiger partial charge in [-0.3, -0.25) is 14.6 Å². The van der Waals surface area contributed by atoms with Gasteiger partial charge in [-0.05, 0) is 30.2 Å². The van der Waals surface area contributed by atoms with E-state index in [0.29, 0.717) is 24.6 Å². The highest BCUT2D eigenvalue weighted by atomic mass is 16.5. The first-order chi connectivity index (χ1) is 15.5. The summed E-state index contributed by atoms with van der Waals surface area (Å²) < 4.78 is 10.9. The zero-order valence-corrected chi connectivity index (χ0v) is 19.2. The number of amides is 1. The van der Waals surface area contributed by atoms with Crippen LogP contribution in [0.25, 0.3) is 0 Å². The molecule has 7 heteroatoms. The van der Waals surface area contributed by atoms with Crippen molar-refractivity contribution in [2.45, 2.75) is 26.1 Å². The summed E-state index contributed by atoms with van der Waals surface area (Å²) in [5.74, 6) is 1.48. The molecule has 32 heavy (non-hydrogen) atoms. The van der Waals surface area contributed by atoms with Crippen LogP contribution in [0, 0.1) is 6.92 Å². The molecule has 0 radical (unpaired) electrons. The van der Waals surface area contributed by atoms with Crippen molar-refractivity contribution < 1.29 is 19.4 Å². The van der Waals surface area contributed by atoms with Gasteiger partial charge in [-0.25, -0.2) is 0 Å². The van der Waals surface area contributed by atoms with Crippen LogP contribution in [0.3, 0.4) is 0 Å². The van der Waals surface area contributed by atoms with E-state index in [-0.39, 0.29) is 12.5 Å². The van der Waals surface area contributed by atoms with Crippen molar-refractivity contribution in [1.82, 2.24) is 14.7 Å². The molecule has 2 aromatic rings. The van der Waals surface area contributed by atoms with E-state index in [2.05, 4.69) is 36.1 Å². The largest absolute Gasteiger partial charge is 0.496 e. The Hall–Kier alpha value is -2.61. The molecule has 2 aliphatic rings. The van der Waals surface area contributed by atoms with Crippen LogP contribution in [0.1, 0.15) is 28.4 Å². The van der Waals surface area contributed by atoms with Crippen molar-refractivity contribution in [2.75, 3.05) is 53.5 Å². The number of rotatable bonds is 6. The van der Waals surface area contributed by atoms with Crippen LogP contribution in [0.15, 0.2) is 36.4 Å². The molecule has 0 aliphatic carbocycles. The van der Waals surface area contributed by atoms with E-state index in [0.717, 1.165) is 43.9 Å². The summed E-state index contributed by atoms with van der Waals surface area (Å²) in [5.41, 5.74) is 4.31. The fourth-order valence-corrected chi connectivity index (χ4v) is 4.74. The van der Waals surface area contributed by atoms with Crippen LogP contribution in [0.4, 0.5) is 0 Å². The molecule has 1 saturated heterocycles. The number of β-amino-alcohol motifs (C(OH)–C–C–N with tert-alkyl or cyclic N) is 1. The number of aryl methyl sites for hydroxylation is 1. The first kappa shape index (κ1) is 22.6. The molecule has 1 N–H and O–H groups in total. The van der Waals surface area contributed by atoms with Crippen molar-refractivity contribution in [1.29, 1.82) is 0 Å². The standard InChI is InChI=1S/C25H33N3O4/c1-18-6-4-5-7-19(18)14-26-10-12-28(13-11-26)24(30)17-27-15-20-22(31-2)8-9-23(32-3)25(20)21(29)16-27/h4-9,21,29H,10-17H2,1-3H3/t21-/m0/s1. The van der Waals surface area contributed by atoms with Crippen LogP contribution >= 0.6 is 0 Å². The number of aliphatic hydroxyl groups is 1. The Labute approximate surface area is 190 Å². The van der Waals surface area contributed by atoms with Gasteiger partial charge >= 0.3 is 0 Å². The summed E-state index contributed by atoms with van der Waals surface area (Å²) in [6.07, 6.45) is -0.720. The predicted molar refractivity (Wildman–Crippen MR) is 123 cm³/mol. The topological polar surface area (TPSA) is 65.5 Å². The fraction of sp³-hybridized carbons (Fsp3) is 0.480. The maximum atomic E-state index is 13.0. The minimum atomic E-state index is -0.720. The molecule has 1 fully saturated rings. The van der Waals surface area contributed by atoms with E-state index in [9.17, 15) is 9.90 Å². The highest BCUT2D eigenvalue weighted by Gasteiger charge is 2.31. The Bertz CT molecular complexity index is 956. The summed E-state index contributed by atoms with van der Waals surface area (Å²) in [5, 5.41) is 10.8. The Morgan fingerprint density at radius 1 is 1.00 bits per heavy atom. The molecule has 1 amide bonds. The van der Waals surface area contributed by atoms with Gasteiger partial charge in [0, 0.05) is 56.9 Å². The van der Waals surface area contributed by atoms with Crippen molar-refractivity contribution in [3.63, 3.8) is 0 Å². The number of hydrogen-bond acceptors (Lipinski definition) is 6. The van der Waals surface area contributed by atoms with E-state index in [4.69, 9.17) is 9.47 Å². The zero-order valence-electron chi connectivity index (χ0n) is 19.2.